The third kappa shape index (κ3) is 5.87. The molecule has 0 unspecified atom stereocenters. The number of hydrazone groups is 1. The van der Waals surface area contributed by atoms with Crippen LogP contribution in [0.1, 0.15) is 11.1 Å². The topological polar surface area (TPSA) is 59.9 Å². The quantitative estimate of drug-likeness (QED) is 0.471. The molecule has 2 aromatic carbocycles. The van der Waals surface area contributed by atoms with Gasteiger partial charge in [0, 0.05) is 10.6 Å². The molecule has 6 heteroatoms. The van der Waals surface area contributed by atoms with Gasteiger partial charge in [-0.25, -0.2) is 5.43 Å². The number of hydrogen-bond donors (Lipinski definition) is 1. The van der Waals surface area contributed by atoms with Crippen molar-refractivity contribution < 1.29 is 14.3 Å². The van der Waals surface area contributed by atoms with Crippen molar-refractivity contribution in [2.24, 2.45) is 5.10 Å². The SMILES string of the molecule is C#CCOc1ccc(OC)cc1/C=N\NC(=O)Cc1ccc(Cl)cc1. The number of rotatable bonds is 7. The normalized spacial score (nSPS) is 10.3. The van der Waals surface area contributed by atoms with E-state index in [4.69, 9.17) is 27.5 Å². The molecule has 1 amide bonds. The fourth-order valence-corrected chi connectivity index (χ4v) is 2.13. The fourth-order valence-electron chi connectivity index (χ4n) is 2.01. The molecule has 0 aliphatic heterocycles. The summed E-state index contributed by atoms with van der Waals surface area (Å²) in [6.07, 6.45) is 6.89. The van der Waals surface area contributed by atoms with E-state index < -0.39 is 0 Å². The monoisotopic (exact) mass is 356 g/mol. The molecule has 0 spiro atoms. The van der Waals surface area contributed by atoms with Crippen LogP contribution in [0.3, 0.4) is 0 Å². The second kappa shape index (κ2) is 9.36. The van der Waals surface area contributed by atoms with Gasteiger partial charge in [0.25, 0.3) is 0 Å². The maximum absolute atomic E-state index is 11.9. The predicted molar refractivity (Wildman–Crippen MR) is 98.2 cm³/mol. The van der Waals surface area contributed by atoms with Gasteiger partial charge in [-0.3, -0.25) is 4.79 Å². The average Bonchev–Trinajstić information content (AvgIpc) is 2.62. The first-order chi connectivity index (χ1) is 12.1. The number of methoxy groups -OCH3 is 1. The number of nitrogens with one attached hydrogen (secondary N) is 1. The number of ether oxygens (including phenoxy) is 2. The van der Waals surface area contributed by atoms with Gasteiger partial charge in [-0.15, -0.1) is 6.42 Å². The second-order valence-corrected chi connectivity index (χ2v) is 5.43. The summed E-state index contributed by atoms with van der Waals surface area (Å²) in [5.74, 6) is 3.35. The second-order valence-electron chi connectivity index (χ2n) is 4.99. The number of nitrogens with zero attached hydrogens (tertiary/aromatic N) is 1. The molecule has 25 heavy (non-hydrogen) atoms. The van der Waals surface area contributed by atoms with Gasteiger partial charge in [0.15, 0.2) is 0 Å². The number of carbonyl (C=O) groups is 1. The molecule has 0 saturated heterocycles. The van der Waals surface area contributed by atoms with Crippen LogP contribution in [0.5, 0.6) is 11.5 Å². The molecule has 5 nitrogen and oxygen atoms in total. The number of carbonyl (C=O) groups excluding carboxylic acids is 1. The summed E-state index contributed by atoms with van der Waals surface area (Å²) in [5, 5.41) is 4.59. The molecule has 0 aliphatic rings. The number of halogens is 1. The van der Waals surface area contributed by atoms with Crippen molar-refractivity contribution in [1.29, 1.82) is 0 Å². The standard InChI is InChI=1S/C19H17ClN2O3/c1-3-10-25-18-9-8-17(24-2)12-15(18)13-21-22-19(23)11-14-4-6-16(20)7-5-14/h1,4-9,12-13H,10-11H2,2H3,(H,22,23)/b21-13-. The minimum Gasteiger partial charge on any atom is -0.497 e. The Kier molecular flexibility index (Phi) is 6.87. The molecule has 2 rings (SSSR count). The van der Waals surface area contributed by atoms with Crippen molar-refractivity contribution in [2.45, 2.75) is 6.42 Å². The van der Waals surface area contributed by atoms with Gasteiger partial charge >= 0.3 is 0 Å². The maximum atomic E-state index is 11.9. The van der Waals surface area contributed by atoms with Crippen LogP contribution in [0.4, 0.5) is 0 Å². The zero-order chi connectivity index (χ0) is 18.1. The van der Waals surface area contributed by atoms with Gasteiger partial charge in [-0.1, -0.05) is 29.7 Å². The third-order valence-electron chi connectivity index (χ3n) is 3.20. The molecule has 0 atom stereocenters. The molecule has 0 saturated carbocycles. The first-order valence-corrected chi connectivity index (χ1v) is 7.81. The lowest BCUT2D eigenvalue weighted by Gasteiger charge is -2.08. The molecule has 128 valence electrons. The Bertz CT molecular complexity index is 795. The van der Waals surface area contributed by atoms with Crippen LogP contribution in [-0.2, 0) is 11.2 Å². The molecule has 0 aromatic heterocycles. The average molecular weight is 357 g/mol. The van der Waals surface area contributed by atoms with Crippen LogP contribution in [0, 0.1) is 12.3 Å². The van der Waals surface area contributed by atoms with Gasteiger partial charge in [-0.05, 0) is 35.9 Å². The molecular formula is C19H17ClN2O3. The van der Waals surface area contributed by atoms with Gasteiger partial charge in [0.05, 0.1) is 19.7 Å². The van der Waals surface area contributed by atoms with Crippen molar-refractivity contribution in [3.63, 3.8) is 0 Å². The van der Waals surface area contributed by atoms with E-state index >= 15 is 0 Å². The highest BCUT2D eigenvalue weighted by atomic mass is 35.5. The van der Waals surface area contributed by atoms with Gasteiger partial charge in [0.1, 0.15) is 18.1 Å². The van der Waals surface area contributed by atoms with E-state index in [1.165, 1.54) is 6.21 Å². The smallest absolute Gasteiger partial charge is 0.244 e. The molecule has 1 N–H and O–H groups in total. The van der Waals surface area contributed by atoms with Crippen LogP contribution in [0.25, 0.3) is 0 Å². The summed E-state index contributed by atoms with van der Waals surface area (Å²) in [5.41, 5.74) is 3.96. The van der Waals surface area contributed by atoms with Gasteiger partial charge in [0.2, 0.25) is 5.91 Å². The van der Waals surface area contributed by atoms with E-state index in [0.717, 1.165) is 5.56 Å². The minimum atomic E-state index is -0.243. The van der Waals surface area contributed by atoms with E-state index in [2.05, 4.69) is 16.4 Å². The van der Waals surface area contributed by atoms with Gasteiger partial charge in [-0.2, -0.15) is 5.10 Å². The molecule has 0 bridgehead atoms. The largest absolute Gasteiger partial charge is 0.497 e. The summed E-state index contributed by atoms with van der Waals surface area (Å²) in [6.45, 7) is 0.135. The zero-order valence-electron chi connectivity index (χ0n) is 13.7. The molecular weight excluding hydrogens is 340 g/mol. The van der Waals surface area contributed by atoms with Crippen LogP contribution in [0.2, 0.25) is 5.02 Å². The number of terminal acetylenes is 1. The van der Waals surface area contributed by atoms with E-state index in [9.17, 15) is 4.79 Å². The van der Waals surface area contributed by atoms with E-state index in [-0.39, 0.29) is 18.9 Å². The van der Waals surface area contributed by atoms with Gasteiger partial charge < -0.3 is 9.47 Å². The highest BCUT2D eigenvalue weighted by molar-refractivity contribution is 6.30. The van der Waals surface area contributed by atoms with Crippen LogP contribution >= 0.6 is 11.6 Å². The van der Waals surface area contributed by atoms with Crippen molar-refractivity contribution in [3.8, 4) is 23.8 Å². The highest BCUT2D eigenvalue weighted by Crippen LogP contribution is 2.22. The fraction of sp³-hybridized carbons (Fsp3) is 0.158. The van der Waals surface area contributed by atoms with Crippen molar-refractivity contribution >= 4 is 23.7 Å². The summed E-state index contributed by atoms with van der Waals surface area (Å²) >= 11 is 5.82. The van der Waals surface area contributed by atoms with E-state index in [1.54, 1.807) is 49.6 Å². The lowest BCUT2D eigenvalue weighted by Crippen LogP contribution is -2.19. The predicted octanol–water partition coefficient (Wildman–Crippen LogP) is 3.05. The Labute approximate surface area is 151 Å². The molecule has 0 radical (unpaired) electrons. The Balaban J connectivity index is 2.01. The Hall–Kier alpha value is -2.97. The van der Waals surface area contributed by atoms with E-state index in [0.29, 0.717) is 22.1 Å². The number of benzene rings is 2. The van der Waals surface area contributed by atoms with Crippen molar-refractivity contribution in [3.05, 3.63) is 58.6 Å². The summed E-state index contributed by atoms with van der Waals surface area (Å²) in [6, 6.07) is 12.3. The van der Waals surface area contributed by atoms with Crippen molar-refractivity contribution in [1.82, 2.24) is 5.43 Å². The maximum Gasteiger partial charge on any atom is 0.244 e. The lowest BCUT2D eigenvalue weighted by atomic mass is 10.1. The van der Waals surface area contributed by atoms with Crippen molar-refractivity contribution in [2.75, 3.05) is 13.7 Å². The number of hydrogen-bond acceptors (Lipinski definition) is 4. The summed E-state index contributed by atoms with van der Waals surface area (Å²) in [7, 11) is 1.56. The van der Waals surface area contributed by atoms with Crippen LogP contribution < -0.4 is 14.9 Å². The number of amides is 1. The first-order valence-electron chi connectivity index (χ1n) is 7.43. The zero-order valence-corrected chi connectivity index (χ0v) is 14.4. The Morgan fingerprint density at radius 2 is 2.08 bits per heavy atom. The minimum absolute atomic E-state index is 0.135. The molecule has 0 aliphatic carbocycles. The molecule has 2 aromatic rings. The highest BCUT2D eigenvalue weighted by Gasteiger charge is 2.05. The van der Waals surface area contributed by atoms with Crippen LogP contribution in [-0.4, -0.2) is 25.8 Å². The lowest BCUT2D eigenvalue weighted by molar-refractivity contribution is -0.120. The Morgan fingerprint density at radius 3 is 2.76 bits per heavy atom. The summed E-state index contributed by atoms with van der Waals surface area (Å²) in [4.78, 5) is 11.9. The molecule has 0 fully saturated rings. The summed E-state index contributed by atoms with van der Waals surface area (Å²) < 4.78 is 10.6. The van der Waals surface area contributed by atoms with E-state index in [1.807, 2.05) is 0 Å². The Morgan fingerprint density at radius 1 is 1.32 bits per heavy atom. The first kappa shape index (κ1) is 18.4. The molecule has 0 heterocycles. The van der Waals surface area contributed by atoms with Crippen LogP contribution in [0.15, 0.2) is 47.6 Å². The third-order valence-corrected chi connectivity index (χ3v) is 3.45.